The van der Waals surface area contributed by atoms with Gasteiger partial charge in [-0.1, -0.05) is 71.2 Å². The summed E-state index contributed by atoms with van der Waals surface area (Å²) in [6, 6.07) is 18.2. The molecule has 1 fully saturated rings. The molecule has 5 rings (SSSR count). The second-order valence-electron chi connectivity index (χ2n) is 8.70. The number of nitrogens with zero attached hydrogens (tertiary/aromatic N) is 1. The monoisotopic (exact) mass is 542 g/mol. The summed E-state index contributed by atoms with van der Waals surface area (Å²) in [5.74, 6) is -1.46. The van der Waals surface area contributed by atoms with Gasteiger partial charge < -0.3 is 10.1 Å². The van der Waals surface area contributed by atoms with Crippen molar-refractivity contribution in [3.8, 4) is 0 Å². The highest BCUT2D eigenvalue weighted by Gasteiger charge is 2.65. The number of rotatable bonds is 3. The minimum atomic E-state index is -1.43. The zero-order chi connectivity index (χ0) is 25.6. The van der Waals surface area contributed by atoms with Crippen LogP contribution in [-0.2, 0) is 19.7 Å². The third-order valence-corrected chi connectivity index (χ3v) is 7.64. The molecule has 6 nitrogen and oxygen atoms in total. The van der Waals surface area contributed by atoms with Crippen molar-refractivity contribution in [2.45, 2.75) is 30.7 Å². The normalized spacial score (nSPS) is 22.9. The summed E-state index contributed by atoms with van der Waals surface area (Å²) in [7, 11) is 0. The summed E-state index contributed by atoms with van der Waals surface area (Å²) in [5.41, 5.74) is 0.663. The number of benzene rings is 3. The third-order valence-electron chi connectivity index (χ3n) is 6.82. The zero-order valence-corrected chi connectivity index (χ0v) is 21.4. The van der Waals surface area contributed by atoms with E-state index in [1.165, 1.54) is 0 Å². The van der Waals surface area contributed by atoms with Gasteiger partial charge in [0.1, 0.15) is 5.41 Å². The molecule has 0 radical (unpaired) electrons. The Labute approximate surface area is 223 Å². The van der Waals surface area contributed by atoms with Gasteiger partial charge in [0.25, 0.3) is 0 Å². The van der Waals surface area contributed by atoms with E-state index >= 15 is 0 Å². The first-order chi connectivity index (χ1) is 17.3. The maximum Gasteiger partial charge on any atom is 0.421 e. The van der Waals surface area contributed by atoms with E-state index in [2.05, 4.69) is 5.32 Å². The lowest BCUT2D eigenvalue weighted by atomic mass is 9.59. The number of amides is 3. The fourth-order valence-corrected chi connectivity index (χ4v) is 6.06. The van der Waals surface area contributed by atoms with Crippen molar-refractivity contribution in [1.29, 1.82) is 0 Å². The molecule has 3 amide bonds. The fourth-order valence-electron chi connectivity index (χ4n) is 5.45. The topological polar surface area (TPSA) is 75.7 Å². The summed E-state index contributed by atoms with van der Waals surface area (Å²) in [6.45, 7) is 1.74. The predicted molar refractivity (Wildman–Crippen MR) is 139 cm³/mol. The molecule has 1 saturated heterocycles. The van der Waals surface area contributed by atoms with Crippen LogP contribution in [0.4, 0.5) is 10.5 Å². The Bertz CT molecular complexity index is 1390. The number of carbonyl (C=O) groups excluding carboxylic acids is 3. The Morgan fingerprint density at radius 1 is 1.03 bits per heavy atom. The Morgan fingerprint density at radius 2 is 1.78 bits per heavy atom. The van der Waals surface area contributed by atoms with Crippen LogP contribution in [0.5, 0.6) is 0 Å². The zero-order valence-electron chi connectivity index (χ0n) is 19.1. The number of halogens is 3. The first kappa shape index (κ1) is 24.6. The van der Waals surface area contributed by atoms with Crippen LogP contribution in [0, 0.1) is 0 Å². The van der Waals surface area contributed by atoms with Gasteiger partial charge in [0.2, 0.25) is 11.8 Å². The summed E-state index contributed by atoms with van der Waals surface area (Å²) in [6.07, 6.45) is -0.825. The van der Waals surface area contributed by atoms with Crippen LogP contribution >= 0.6 is 34.8 Å². The van der Waals surface area contributed by atoms with Crippen LogP contribution in [0.15, 0.2) is 66.7 Å². The molecule has 1 spiro atoms. The average molecular weight is 544 g/mol. The first-order valence-corrected chi connectivity index (χ1v) is 12.5. The largest absolute Gasteiger partial charge is 0.449 e. The quantitative estimate of drug-likeness (QED) is 0.413. The van der Waals surface area contributed by atoms with Crippen molar-refractivity contribution in [2.24, 2.45) is 0 Å². The lowest BCUT2D eigenvalue weighted by Crippen LogP contribution is -2.58. The van der Waals surface area contributed by atoms with Crippen molar-refractivity contribution in [3.05, 3.63) is 98.5 Å². The molecule has 0 aromatic heterocycles. The van der Waals surface area contributed by atoms with Crippen molar-refractivity contribution in [1.82, 2.24) is 5.32 Å². The molecule has 2 aliphatic heterocycles. The van der Waals surface area contributed by atoms with E-state index in [0.717, 1.165) is 4.90 Å². The van der Waals surface area contributed by atoms with E-state index in [1.807, 2.05) is 6.07 Å². The van der Waals surface area contributed by atoms with Crippen molar-refractivity contribution < 1.29 is 19.1 Å². The number of piperidine rings is 1. The molecular weight excluding hydrogens is 523 g/mol. The number of hydrogen-bond acceptors (Lipinski definition) is 4. The molecule has 0 saturated carbocycles. The Balaban J connectivity index is 1.86. The SMILES string of the molecule is CCOC(=O)N1C(=O)[C@@]2(c3ccc(Cl)cc31)[C@H](c1cccc(Cl)c1)CC(=O)N[C@H]2c1ccccc1Cl. The van der Waals surface area contributed by atoms with Gasteiger partial charge in [0, 0.05) is 27.4 Å². The summed E-state index contributed by atoms with van der Waals surface area (Å²) < 4.78 is 5.26. The second kappa shape index (κ2) is 9.43. The first-order valence-electron chi connectivity index (χ1n) is 11.4. The van der Waals surface area contributed by atoms with Crippen LogP contribution in [-0.4, -0.2) is 24.5 Å². The molecule has 0 unspecified atom stereocenters. The third kappa shape index (κ3) is 3.76. The van der Waals surface area contributed by atoms with Crippen LogP contribution in [0.1, 0.15) is 42.0 Å². The Kier molecular flexibility index (Phi) is 6.45. The molecule has 3 aromatic carbocycles. The smallest absolute Gasteiger partial charge is 0.421 e. The average Bonchev–Trinajstić information content (AvgIpc) is 3.09. The molecule has 2 heterocycles. The summed E-state index contributed by atoms with van der Waals surface area (Å²) >= 11 is 19.3. The molecule has 1 N–H and O–H groups in total. The number of anilines is 1. The van der Waals surface area contributed by atoms with Gasteiger partial charge in [-0.3, -0.25) is 9.59 Å². The van der Waals surface area contributed by atoms with E-state index < -0.39 is 29.4 Å². The van der Waals surface area contributed by atoms with Gasteiger partial charge >= 0.3 is 6.09 Å². The van der Waals surface area contributed by atoms with E-state index in [1.54, 1.807) is 67.6 Å². The molecular formula is C27H21Cl3N2O4. The standard InChI is InChI=1S/C27H21Cl3N2O4/c1-2-36-26(35)32-22-13-17(29)10-11-19(22)27(25(32)34)20(15-6-5-7-16(28)12-15)14-23(33)31-24(27)18-8-3-4-9-21(18)30/h3-13,20,24H,2,14H2,1H3,(H,31,33)/t20-,24-,27-/m0/s1. The Hall–Kier alpha value is -3.06. The molecule has 0 bridgehead atoms. The van der Waals surface area contributed by atoms with Gasteiger partial charge in [-0.2, -0.15) is 0 Å². The van der Waals surface area contributed by atoms with Crippen LogP contribution in [0.2, 0.25) is 15.1 Å². The maximum atomic E-state index is 14.6. The number of nitrogens with one attached hydrogen (secondary N) is 1. The second-order valence-corrected chi connectivity index (χ2v) is 9.98. The maximum absolute atomic E-state index is 14.6. The van der Waals surface area contributed by atoms with Gasteiger partial charge in [0.05, 0.1) is 18.3 Å². The van der Waals surface area contributed by atoms with Crippen molar-refractivity contribution >= 4 is 58.4 Å². The minimum Gasteiger partial charge on any atom is -0.449 e. The molecule has 3 aromatic rings. The molecule has 2 aliphatic rings. The number of carbonyl (C=O) groups is 3. The highest BCUT2D eigenvalue weighted by molar-refractivity contribution is 6.33. The predicted octanol–water partition coefficient (Wildman–Crippen LogP) is 6.43. The van der Waals surface area contributed by atoms with Crippen molar-refractivity contribution in [2.75, 3.05) is 11.5 Å². The van der Waals surface area contributed by atoms with Gasteiger partial charge in [0.15, 0.2) is 0 Å². The van der Waals surface area contributed by atoms with Crippen LogP contribution in [0.3, 0.4) is 0 Å². The molecule has 184 valence electrons. The van der Waals surface area contributed by atoms with E-state index in [-0.39, 0.29) is 18.9 Å². The lowest BCUT2D eigenvalue weighted by molar-refractivity contribution is -0.132. The van der Waals surface area contributed by atoms with E-state index in [9.17, 15) is 14.4 Å². The van der Waals surface area contributed by atoms with E-state index in [4.69, 9.17) is 39.5 Å². The lowest BCUT2D eigenvalue weighted by Gasteiger charge is -2.46. The molecule has 9 heteroatoms. The van der Waals surface area contributed by atoms with Gasteiger partial charge in [-0.05, 0) is 53.9 Å². The van der Waals surface area contributed by atoms with Gasteiger partial charge in [-0.25, -0.2) is 9.69 Å². The van der Waals surface area contributed by atoms with E-state index in [0.29, 0.717) is 37.4 Å². The molecule has 0 aliphatic carbocycles. The minimum absolute atomic E-state index is 0.00817. The van der Waals surface area contributed by atoms with Gasteiger partial charge in [-0.15, -0.1) is 0 Å². The fraction of sp³-hybridized carbons (Fsp3) is 0.222. The number of fused-ring (bicyclic) bond motifs is 2. The van der Waals surface area contributed by atoms with Crippen LogP contribution < -0.4 is 10.2 Å². The molecule has 36 heavy (non-hydrogen) atoms. The highest BCUT2D eigenvalue weighted by Crippen LogP contribution is 2.60. The highest BCUT2D eigenvalue weighted by atomic mass is 35.5. The summed E-state index contributed by atoms with van der Waals surface area (Å²) in [4.78, 5) is 41.9. The number of hydrogen-bond donors (Lipinski definition) is 1. The number of imide groups is 1. The number of ether oxygens (including phenoxy) is 1. The summed E-state index contributed by atoms with van der Waals surface area (Å²) in [5, 5.41) is 4.20. The Morgan fingerprint density at radius 3 is 2.50 bits per heavy atom. The van der Waals surface area contributed by atoms with Crippen molar-refractivity contribution in [3.63, 3.8) is 0 Å². The van der Waals surface area contributed by atoms with Crippen LogP contribution in [0.25, 0.3) is 0 Å². The molecule has 3 atom stereocenters.